The molecule has 0 saturated carbocycles. The van der Waals surface area contributed by atoms with E-state index in [1.807, 2.05) is 24.0 Å². The first-order chi connectivity index (χ1) is 16.7. The van der Waals surface area contributed by atoms with E-state index >= 15 is 0 Å². The number of rotatable bonds is 9. The Morgan fingerprint density at radius 1 is 1.40 bits per heavy atom. The van der Waals surface area contributed by atoms with Crippen LogP contribution in [0.25, 0.3) is 0 Å². The summed E-state index contributed by atoms with van der Waals surface area (Å²) in [6.07, 6.45) is -1.83. The lowest BCUT2D eigenvalue weighted by molar-refractivity contribution is -0.274. The van der Waals surface area contributed by atoms with Gasteiger partial charge in [-0.05, 0) is 42.0 Å². The Bertz CT molecular complexity index is 1090. The highest BCUT2D eigenvalue weighted by Gasteiger charge is 2.32. The van der Waals surface area contributed by atoms with E-state index in [0.717, 1.165) is 29.9 Å². The van der Waals surface area contributed by atoms with Crippen molar-refractivity contribution in [3.05, 3.63) is 42.0 Å². The molecule has 0 bridgehead atoms. The second-order valence-electron chi connectivity index (χ2n) is 7.17. The third-order valence-corrected chi connectivity index (χ3v) is 5.46. The first kappa shape index (κ1) is 26.1. The van der Waals surface area contributed by atoms with Crippen molar-refractivity contribution in [1.29, 1.82) is 0 Å². The molecule has 35 heavy (non-hydrogen) atoms. The molecule has 0 radical (unpaired) electrons. The maximum Gasteiger partial charge on any atom is 0.573 e. The topological polar surface area (TPSA) is 111 Å². The smallest absolute Gasteiger partial charge is 0.464 e. The van der Waals surface area contributed by atoms with Crippen LogP contribution in [-0.2, 0) is 9.53 Å². The Hall–Kier alpha value is -3.52. The molecule has 1 aliphatic heterocycles. The Morgan fingerprint density at radius 2 is 2.20 bits per heavy atom. The third kappa shape index (κ3) is 7.48. The fourth-order valence-corrected chi connectivity index (χ4v) is 4.01. The number of likely N-dealkylation sites (tertiary alicyclic amines) is 1. The lowest BCUT2D eigenvalue weighted by Crippen LogP contribution is -2.29. The molecule has 0 spiro atoms. The van der Waals surface area contributed by atoms with E-state index in [9.17, 15) is 18.0 Å². The number of nitrogens with one attached hydrogen (secondary N) is 1. The SMILES string of the molecule is C=N/N=C(\C=C/C)N1CCC(Oc2nnc(NC(=O)C(OC)c3cccc(OC(F)(F)F)c3)s2)C1. The van der Waals surface area contributed by atoms with Crippen molar-refractivity contribution in [3.8, 4) is 10.9 Å². The number of halogens is 3. The number of hydrogen-bond acceptors (Lipinski definition) is 9. The lowest BCUT2D eigenvalue weighted by Gasteiger charge is -2.17. The summed E-state index contributed by atoms with van der Waals surface area (Å²) in [5.41, 5.74) is 0.173. The minimum Gasteiger partial charge on any atom is -0.464 e. The van der Waals surface area contributed by atoms with Gasteiger partial charge in [-0.3, -0.25) is 10.1 Å². The van der Waals surface area contributed by atoms with Gasteiger partial charge >= 0.3 is 6.36 Å². The van der Waals surface area contributed by atoms with Crippen molar-refractivity contribution in [2.75, 3.05) is 25.5 Å². The molecule has 1 N–H and O–H groups in total. The number of allylic oxidation sites excluding steroid dienone is 1. The highest BCUT2D eigenvalue weighted by molar-refractivity contribution is 7.17. The van der Waals surface area contributed by atoms with Crippen LogP contribution in [0.4, 0.5) is 18.3 Å². The van der Waals surface area contributed by atoms with Crippen LogP contribution in [-0.4, -0.2) is 66.2 Å². The van der Waals surface area contributed by atoms with Crippen molar-refractivity contribution in [2.45, 2.75) is 31.9 Å². The number of carbonyl (C=O) groups excluding carboxylic acids is 1. The number of benzene rings is 1. The summed E-state index contributed by atoms with van der Waals surface area (Å²) in [6, 6.07) is 4.98. The van der Waals surface area contributed by atoms with Crippen LogP contribution in [0.5, 0.6) is 10.9 Å². The van der Waals surface area contributed by atoms with E-state index in [-0.39, 0.29) is 22.0 Å². The largest absolute Gasteiger partial charge is 0.573 e. The Balaban J connectivity index is 1.60. The van der Waals surface area contributed by atoms with Crippen molar-refractivity contribution in [3.63, 3.8) is 0 Å². The monoisotopic (exact) mass is 512 g/mol. The zero-order valence-corrected chi connectivity index (χ0v) is 19.7. The van der Waals surface area contributed by atoms with Crippen LogP contribution in [0.3, 0.4) is 0 Å². The summed E-state index contributed by atoms with van der Waals surface area (Å²) in [7, 11) is 1.26. The number of methoxy groups -OCH3 is 1. The molecule has 1 aromatic carbocycles. The van der Waals surface area contributed by atoms with Crippen LogP contribution in [0, 0.1) is 0 Å². The van der Waals surface area contributed by atoms with Gasteiger partial charge in [0.25, 0.3) is 11.1 Å². The molecule has 1 saturated heterocycles. The van der Waals surface area contributed by atoms with E-state index in [1.165, 1.54) is 19.2 Å². The number of amides is 1. The number of alkyl halides is 3. The molecule has 2 atom stereocenters. The maximum absolute atomic E-state index is 12.7. The first-order valence-electron chi connectivity index (χ1n) is 10.3. The number of nitrogens with zero attached hydrogens (tertiary/aromatic N) is 5. The van der Waals surface area contributed by atoms with E-state index in [1.54, 1.807) is 0 Å². The molecule has 0 aliphatic carbocycles. The predicted molar refractivity (Wildman–Crippen MR) is 124 cm³/mol. The lowest BCUT2D eigenvalue weighted by atomic mass is 10.1. The Kier molecular flexibility index (Phi) is 8.76. The molecule has 2 unspecified atom stereocenters. The minimum atomic E-state index is -4.85. The molecule has 2 heterocycles. The molecule has 2 aromatic rings. The van der Waals surface area contributed by atoms with Crippen LogP contribution in [0.15, 0.2) is 46.6 Å². The number of ether oxygens (including phenoxy) is 3. The summed E-state index contributed by atoms with van der Waals surface area (Å²) in [6.45, 7) is 6.52. The van der Waals surface area contributed by atoms with Crippen LogP contribution >= 0.6 is 11.3 Å². The number of hydrogen-bond donors (Lipinski definition) is 1. The van der Waals surface area contributed by atoms with Crippen molar-refractivity contribution >= 4 is 34.9 Å². The number of anilines is 1. The van der Waals surface area contributed by atoms with Gasteiger partial charge < -0.3 is 19.1 Å². The zero-order chi connectivity index (χ0) is 25.4. The minimum absolute atomic E-state index is 0.150. The van der Waals surface area contributed by atoms with Crippen molar-refractivity contribution < 1.29 is 32.2 Å². The van der Waals surface area contributed by atoms with E-state index in [4.69, 9.17) is 9.47 Å². The summed E-state index contributed by atoms with van der Waals surface area (Å²) < 4.78 is 52.5. The summed E-state index contributed by atoms with van der Waals surface area (Å²) in [4.78, 5) is 14.7. The highest BCUT2D eigenvalue weighted by Crippen LogP contribution is 2.29. The van der Waals surface area contributed by atoms with Gasteiger partial charge in [0.2, 0.25) is 5.13 Å². The number of aromatic nitrogens is 2. The summed E-state index contributed by atoms with van der Waals surface area (Å²) in [5, 5.41) is 18.4. The van der Waals surface area contributed by atoms with Crippen molar-refractivity contribution in [1.82, 2.24) is 15.1 Å². The van der Waals surface area contributed by atoms with Gasteiger partial charge in [-0.2, -0.15) is 5.10 Å². The van der Waals surface area contributed by atoms with Gasteiger partial charge in [0, 0.05) is 26.8 Å². The second kappa shape index (κ2) is 11.8. The highest BCUT2D eigenvalue weighted by atomic mass is 32.1. The van der Waals surface area contributed by atoms with Gasteiger partial charge in [-0.25, -0.2) is 0 Å². The number of amidine groups is 1. The fourth-order valence-electron chi connectivity index (χ4n) is 3.35. The molecule has 1 aliphatic rings. The Labute approximate surface area is 203 Å². The third-order valence-electron chi connectivity index (χ3n) is 4.73. The summed E-state index contributed by atoms with van der Waals surface area (Å²) in [5.74, 6) is -0.432. The molecule has 10 nitrogen and oxygen atoms in total. The quantitative estimate of drug-likeness (QED) is 0.309. The van der Waals surface area contributed by atoms with Gasteiger partial charge in [-0.1, -0.05) is 23.3 Å². The summed E-state index contributed by atoms with van der Waals surface area (Å²) >= 11 is 1.02. The van der Waals surface area contributed by atoms with E-state index < -0.39 is 24.1 Å². The van der Waals surface area contributed by atoms with Crippen molar-refractivity contribution in [2.24, 2.45) is 10.2 Å². The average Bonchev–Trinajstić information content (AvgIpc) is 3.43. The molecular formula is C21H23F3N6O4S. The van der Waals surface area contributed by atoms with Crippen LogP contribution in [0.1, 0.15) is 25.0 Å². The first-order valence-corrected chi connectivity index (χ1v) is 11.1. The molecule has 3 rings (SSSR count). The Morgan fingerprint density at radius 3 is 2.89 bits per heavy atom. The fraction of sp³-hybridized carbons (Fsp3) is 0.381. The predicted octanol–water partition coefficient (Wildman–Crippen LogP) is 3.81. The van der Waals surface area contributed by atoms with Gasteiger partial charge in [0.1, 0.15) is 11.9 Å². The van der Waals surface area contributed by atoms with E-state index in [0.29, 0.717) is 18.9 Å². The average molecular weight is 513 g/mol. The maximum atomic E-state index is 12.7. The van der Waals surface area contributed by atoms with E-state index in [2.05, 4.69) is 37.2 Å². The second-order valence-corrected chi connectivity index (χ2v) is 8.11. The molecular weight excluding hydrogens is 489 g/mol. The van der Waals surface area contributed by atoms with Gasteiger partial charge in [-0.15, -0.1) is 23.4 Å². The standard InChI is InChI=1S/C21H23F3N6O4S/c1-4-6-16(27-25-2)30-10-9-15(12-30)33-20-29-28-19(35-20)26-18(31)17(32-3)13-7-5-8-14(11-13)34-21(22,23)24/h4-8,11,15,17H,2,9-10,12H2,1,3H3,(H,26,28,31)/b6-4-,27-16+. The normalized spacial score (nSPS) is 17.5. The molecule has 1 fully saturated rings. The van der Waals surface area contributed by atoms with Gasteiger partial charge in [0.15, 0.2) is 11.9 Å². The molecule has 188 valence electrons. The molecule has 14 heteroatoms. The molecule has 1 amide bonds. The zero-order valence-electron chi connectivity index (χ0n) is 18.9. The van der Waals surface area contributed by atoms with Gasteiger partial charge in [0.05, 0.1) is 6.54 Å². The molecule has 1 aromatic heterocycles. The van der Waals surface area contributed by atoms with Crippen LogP contribution < -0.4 is 14.8 Å². The van der Waals surface area contributed by atoms with Crippen LogP contribution in [0.2, 0.25) is 0 Å². The number of carbonyl (C=O) groups is 1.